The summed E-state index contributed by atoms with van der Waals surface area (Å²) in [6.45, 7) is 2.09. The molecular formula is C15H16BrClN4. The van der Waals surface area contributed by atoms with Gasteiger partial charge < -0.3 is 10.2 Å². The van der Waals surface area contributed by atoms with Crippen molar-refractivity contribution in [3.05, 3.63) is 46.4 Å². The zero-order chi connectivity index (χ0) is 14.7. The van der Waals surface area contributed by atoms with Gasteiger partial charge in [0.05, 0.1) is 16.4 Å². The van der Waals surface area contributed by atoms with Crippen molar-refractivity contribution in [2.75, 3.05) is 23.3 Å². The fourth-order valence-electron chi connectivity index (χ4n) is 2.57. The monoisotopic (exact) mass is 366 g/mol. The molecule has 1 aliphatic heterocycles. The fourth-order valence-corrected chi connectivity index (χ4v) is 3.03. The maximum Gasteiger partial charge on any atom is 0.143 e. The predicted octanol–water partition coefficient (Wildman–Crippen LogP) is 3.97. The van der Waals surface area contributed by atoms with E-state index in [-0.39, 0.29) is 0 Å². The lowest BCUT2D eigenvalue weighted by Crippen LogP contribution is -2.39. The summed E-state index contributed by atoms with van der Waals surface area (Å²) in [7, 11) is 0. The van der Waals surface area contributed by atoms with E-state index < -0.39 is 0 Å². The number of aromatic nitrogens is 2. The standard InChI is InChI=1S/C15H16BrClN4/c16-14-9-12(10-19-15(14)17)20-11-3-7-21(8-4-11)13-1-5-18-6-2-13/h1-2,5-6,9-11,20H,3-4,7-8H2. The molecule has 0 aromatic carbocycles. The number of hydrogen-bond donors (Lipinski definition) is 1. The number of piperidine rings is 1. The van der Waals surface area contributed by atoms with Crippen LogP contribution in [0.15, 0.2) is 41.3 Å². The van der Waals surface area contributed by atoms with Crippen LogP contribution >= 0.6 is 27.5 Å². The lowest BCUT2D eigenvalue weighted by molar-refractivity contribution is 0.526. The molecule has 0 atom stereocenters. The second-order valence-electron chi connectivity index (χ2n) is 5.11. The summed E-state index contributed by atoms with van der Waals surface area (Å²) in [5.74, 6) is 0. The van der Waals surface area contributed by atoms with Crippen molar-refractivity contribution >= 4 is 38.9 Å². The molecule has 0 amide bonds. The summed E-state index contributed by atoms with van der Waals surface area (Å²) in [4.78, 5) is 10.6. The van der Waals surface area contributed by atoms with Crippen molar-refractivity contribution in [2.24, 2.45) is 0 Å². The van der Waals surface area contributed by atoms with E-state index in [0.29, 0.717) is 11.2 Å². The molecule has 1 N–H and O–H groups in total. The van der Waals surface area contributed by atoms with Gasteiger partial charge in [-0.05, 0) is 47.0 Å². The van der Waals surface area contributed by atoms with Gasteiger partial charge in [0.15, 0.2) is 0 Å². The fraction of sp³-hybridized carbons (Fsp3) is 0.333. The molecule has 0 spiro atoms. The van der Waals surface area contributed by atoms with Crippen molar-refractivity contribution in [2.45, 2.75) is 18.9 Å². The van der Waals surface area contributed by atoms with E-state index in [2.05, 4.69) is 48.2 Å². The van der Waals surface area contributed by atoms with Crippen LogP contribution in [0.25, 0.3) is 0 Å². The first-order valence-corrected chi connectivity index (χ1v) is 8.12. The molecule has 2 aromatic rings. The first-order valence-electron chi connectivity index (χ1n) is 6.95. The molecule has 2 aromatic heterocycles. The van der Waals surface area contributed by atoms with Crippen LogP contribution in [0.3, 0.4) is 0 Å². The van der Waals surface area contributed by atoms with Crippen LogP contribution in [0.5, 0.6) is 0 Å². The van der Waals surface area contributed by atoms with Crippen molar-refractivity contribution < 1.29 is 0 Å². The van der Waals surface area contributed by atoms with Crippen molar-refractivity contribution in [3.8, 4) is 0 Å². The minimum absolute atomic E-state index is 0.470. The third kappa shape index (κ3) is 3.66. The molecule has 1 saturated heterocycles. The van der Waals surface area contributed by atoms with Crippen LogP contribution in [0.4, 0.5) is 11.4 Å². The number of nitrogens with one attached hydrogen (secondary N) is 1. The van der Waals surface area contributed by atoms with Gasteiger partial charge in [-0.3, -0.25) is 4.98 Å². The molecule has 4 nitrogen and oxygen atoms in total. The molecule has 3 heterocycles. The molecular weight excluding hydrogens is 352 g/mol. The highest BCUT2D eigenvalue weighted by atomic mass is 79.9. The van der Waals surface area contributed by atoms with Crippen LogP contribution < -0.4 is 10.2 Å². The molecule has 0 bridgehead atoms. The van der Waals surface area contributed by atoms with Gasteiger partial charge in [0.2, 0.25) is 0 Å². The minimum atomic E-state index is 0.470. The van der Waals surface area contributed by atoms with Gasteiger partial charge in [0.25, 0.3) is 0 Å². The third-order valence-electron chi connectivity index (χ3n) is 3.69. The van der Waals surface area contributed by atoms with E-state index in [0.717, 1.165) is 36.1 Å². The Morgan fingerprint density at radius 2 is 1.95 bits per heavy atom. The van der Waals surface area contributed by atoms with Crippen LogP contribution in [0.1, 0.15) is 12.8 Å². The topological polar surface area (TPSA) is 41.1 Å². The summed E-state index contributed by atoms with van der Waals surface area (Å²) in [6, 6.07) is 6.57. The summed E-state index contributed by atoms with van der Waals surface area (Å²) in [5.41, 5.74) is 2.26. The van der Waals surface area contributed by atoms with E-state index in [4.69, 9.17) is 11.6 Å². The zero-order valence-electron chi connectivity index (χ0n) is 11.5. The number of halogens is 2. The quantitative estimate of drug-likeness (QED) is 0.833. The number of rotatable bonds is 3. The molecule has 1 aliphatic rings. The van der Waals surface area contributed by atoms with Crippen molar-refractivity contribution in [1.29, 1.82) is 0 Å². The number of pyridine rings is 2. The van der Waals surface area contributed by atoms with Crippen molar-refractivity contribution in [3.63, 3.8) is 0 Å². The molecule has 6 heteroatoms. The second kappa shape index (κ2) is 6.62. The Morgan fingerprint density at radius 3 is 2.62 bits per heavy atom. The van der Waals surface area contributed by atoms with E-state index >= 15 is 0 Å². The molecule has 3 rings (SSSR count). The maximum absolute atomic E-state index is 5.91. The van der Waals surface area contributed by atoms with Gasteiger partial charge in [0, 0.05) is 37.2 Å². The molecule has 110 valence electrons. The molecule has 0 saturated carbocycles. The molecule has 0 aliphatic carbocycles. The number of hydrogen-bond acceptors (Lipinski definition) is 4. The third-order valence-corrected chi connectivity index (χ3v) is 4.82. The summed E-state index contributed by atoms with van der Waals surface area (Å²) in [6.07, 6.45) is 7.67. The molecule has 0 radical (unpaired) electrons. The Morgan fingerprint density at radius 1 is 1.24 bits per heavy atom. The van der Waals surface area contributed by atoms with Gasteiger partial charge in [-0.15, -0.1) is 0 Å². The van der Waals surface area contributed by atoms with Crippen LogP contribution in [0.2, 0.25) is 5.15 Å². The normalized spacial score (nSPS) is 16.0. The van der Waals surface area contributed by atoms with Crippen LogP contribution in [-0.4, -0.2) is 29.1 Å². The molecule has 1 fully saturated rings. The van der Waals surface area contributed by atoms with Gasteiger partial charge in [-0.1, -0.05) is 11.6 Å². The highest BCUT2D eigenvalue weighted by molar-refractivity contribution is 9.10. The van der Waals surface area contributed by atoms with Gasteiger partial charge in [-0.2, -0.15) is 0 Å². The highest BCUT2D eigenvalue weighted by Crippen LogP contribution is 2.25. The largest absolute Gasteiger partial charge is 0.381 e. The Hall–Kier alpha value is -1.33. The number of anilines is 2. The second-order valence-corrected chi connectivity index (χ2v) is 6.32. The Balaban J connectivity index is 1.57. The van der Waals surface area contributed by atoms with Gasteiger partial charge in [-0.25, -0.2) is 4.98 Å². The zero-order valence-corrected chi connectivity index (χ0v) is 13.8. The van der Waals surface area contributed by atoms with E-state index in [1.165, 1.54) is 5.69 Å². The Kier molecular flexibility index (Phi) is 4.60. The maximum atomic E-state index is 5.91. The predicted molar refractivity (Wildman–Crippen MR) is 90.0 cm³/mol. The van der Waals surface area contributed by atoms with Crippen LogP contribution in [0, 0.1) is 0 Å². The summed E-state index contributed by atoms with van der Waals surface area (Å²) < 4.78 is 0.823. The van der Waals surface area contributed by atoms with Gasteiger partial charge in [0.1, 0.15) is 5.15 Å². The summed E-state index contributed by atoms with van der Waals surface area (Å²) >= 11 is 9.32. The molecule has 0 unspecified atom stereocenters. The van der Waals surface area contributed by atoms with Crippen molar-refractivity contribution in [1.82, 2.24) is 9.97 Å². The van der Waals surface area contributed by atoms with E-state index in [1.807, 2.05) is 18.5 Å². The summed E-state index contributed by atoms with van der Waals surface area (Å²) in [5, 5.41) is 4.02. The smallest absolute Gasteiger partial charge is 0.143 e. The number of nitrogens with zero attached hydrogens (tertiary/aromatic N) is 3. The molecule has 21 heavy (non-hydrogen) atoms. The highest BCUT2D eigenvalue weighted by Gasteiger charge is 2.19. The van der Waals surface area contributed by atoms with E-state index in [1.54, 1.807) is 6.20 Å². The first kappa shape index (κ1) is 14.6. The van der Waals surface area contributed by atoms with Crippen LogP contribution in [-0.2, 0) is 0 Å². The lowest BCUT2D eigenvalue weighted by Gasteiger charge is -2.34. The van der Waals surface area contributed by atoms with E-state index in [9.17, 15) is 0 Å². The SMILES string of the molecule is Clc1ncc(NC2CCN(c3ccncc3)CC2)cc1Br. The first-order chi connectivity index (χ1) is 10.2. The Labute approximate surface area is 137 Å². The van der Waals surface area contributed by atoms with Gasteiger partial charge >= 0.3 is 0 Å². The minimum Gasteiger partial charge on any atom is -0.381 e. The lowest BCUT2D eigenvalue weighted by atomic mass is 10.0. The average Bonchev–Trinajstić information content (AvgIpc) is 2.53. The average molecular weight is 368 g/mol. The Bertz CT molecular complexity index is 600.